The molecule has 0 atom stereocenters. The average molecular weight is 435 g/mol. The van der Waals surface area contributed by atoms with Crippen molar-refractivity contribution in [1.29, 1.82) is 0 Å². The van der Waals surface area contributed by atoms with Crippen LogP contribution in [0.25, 0.3) is 0 Å². The van der Waals surface area contributed by atoms with Gasteiger partial charge in [-0.15, -0.1) is 0 Å². The van der Waals surface area contributed by atoms with E-state index >= 15 is 0 Å². The Balaban J connectivity index is 1.55. The van der Waals surface area contributed by atoms with Crippen LogP contribution in [0.15, 0.2) is 57.9 Å². The molecule has 1 heterocycles. The van der Waals surface area contributed by atoms with Gasteiger partial charge in [-0.25, -0.2) is 4.99 Å². The average Bonchev–Trinajstić information content (AvgIpc) is 3.26. The molecule has 3 rings (SSSR count). The molecular formula is C24H25N3O5. The number of aliphatic imine (C=N–C) groups is 1. The van der Waals surface area contributed by atoms with Gasteiger partial charge < -0.3 is 24.5 Å². The third-order valence-corrected chi connectivity index (χ3v) is 4.79. The van der Waals surface area contributed by atoms with Gasteiger partial charge in [0.2, 0.25) is 0 Å². The SMILES string of the molecule is COc1ccc(N=Cc2ccc(CNC(=O)C(=O)Nc3ccc(C)c(C)c3)o2)c(OC)c1. The summed E-state index contributed by atoms with van der Waals surface area (Å²) in [5.41, 5.74) is 3.32. The Morgan fingerprint density at radius 3 is 2.50 bits per heavy atom. The van der Waals surface area contributed by atoms with Crippen LogP contribution in [0.2, 0.25) is 0 Å². The van der Waals surface area contributed by atoms with Gasteiger partial charge >= 0.3 is 11.8 Å². The Labute approximate surface area is 186 Å². The first kappa shape index (κ1) is 22.6. The van der Waals surface area contributed by atoms with Crippen LogP contribution < -0.4 is 20.1 Å². The van der Waals surface area contributed by atoms with Crippen LogP contribution in [-0.4, -0.2) is 32.2 Å². The van der Waals surface area contributed by atoms with Gasteiger partial charge in [0.25, 0.3) is 0 Å². The number of hydrogen-bond acceptors (Lipinski definition) is 6. The summed E-state index contributed by atoms with van der Waals surface area (Å²) in [6, 6.07) is 14.2. The van der Waals surface area contributed by atoms with Gasteiger partial charge in [0.15, 0.2) is 0 Å². The van der Waals surface area contributed by atoms with E-state index in [2.05, 4.69) is 15.6 Å². The predicted molar refractivity (Wildman–Crippen MR) is 122 cm³/mol. The lowest BCUT2D eigenvalue weighted by molar-refractivity contribution is -0.136. The van der Waals surface area contributed by atoms with Gasteiger partial charge in [0.1, 0.15) is 28.7 Å². The monoisotopic (exact) mass is 435 g/mol. The number of aryl methyl sites for hydroxylation is 2. The van der Waals surface area contributed by atoms with Gasteiger partial charge in [-0.3, -0.25) is 9.59 Å². The normalized spacial score (nSPS) is 10.8. The van der Waals surface area contributed by atoms with E-state index in [0.717, 1.165) is 11.1 Å². The topological polar surface area (TPSA) is 102 Å². The number of carbonyl (C=O) groups is 2. The number of carbonyl (C=O) groups excluding carboxylic acids is 2. The van der Waals surface area contributed by atoms with Crippen molar-refractivity contribution in [1.82, 2.24) is 5.32 Å². The zero-order chi connectivity index (χ0) is 23.1. The van der Waals surface area contributed by atoms with Crippen LogP contribution in [0.3, 0.4) is 0 Å². The van der Waals surface area contributed by atoms with Gasteiger partial charge in [-0.1, -0.05) is 6.07 Å². The van der Waals surface area contributed by atoms with Crippen LogP contribution in [-0.2, 0) is 16.1 Å². The van der Waals surface area contributed by atoms with Crippen LogP contribution >= 0.6 is 0 Å². The number of nitrogens with one attached hydrogen (secondary N) is 2. The highest BCUT2D eigenvalue weighted by molar-refractivity contribution is 6.39. The maximum atomic E-state index is 12.1. The highest BCUT2D eigenvalue weighted by Crippen LogP contribution is 2.31. The van der Waals surface area contributed by atoms with Crippen molar-refractivity contribution >= 4 is 29.4 Å². The van der Waals surface area contributed by atoms with E-state index in [1.807, 2.05) is 26.0 Å². The molecule has 32 heavy (non-hydrogen) atoms. The van der Waals surface area contributed by atoms with Crippen molar-refractivity contribution in [3.05, 3.63) is 71.2 Å². The predicted octanol–water partition coefficient (Wildman–Crippen LogP) is 3.92. The molecule has 0 aliphatic heterocycles. The molecule has 0 bridgehead atoms. The zero-order valence-electron chi connectivity index (χ0n) is 18.4. The van der Waals surface area contributed by atoms with Gasteiger partial charge in [0.05, 0.1) is 27.0 Å². The van der Waals surface area contributed by atoms with Crippen molar-refractivity contribution in [3.8, 4) is 11.5 Å². The first-order valence-corrected chi connectivity index (χ1v) is 9.91. The van der Waals surface area contributed by atoms with Crippen molar-refractivity contribution in [2.75, 3.05) is 19.5 Å². The number of hydrogen-bond donors (Lipinski definition) is 2. The summed E-state index contributed by atoms with van der Waals surface area (Å²) in [4.78, 5) is 28.6. The second kappa shape index (κ2) is 10.3. The number of benzene rings is 2. The number of methoxy groups -OCH3 is 2. The summed E-state index contributed by atoms with van der Waals surface area (Å²) in [5.74, 6) is 0.714. The van der Waals surface area contributed by atoms with E-state index in [0.29, 0.717) is 34.4 Å². The number of anilines is 1. The molecule has 1 aromatic heterocycles. The second-order valence-electron chi connectivity index (χ2n) is 7.04. The minimum Gasteiger partial charge on any atom is -0.497 e. The highest BCUT2D eigenvalue weighted by Gasteiger charge is 2.14. The minimum atomic E-state index is -0.752. The summed E-state index contributed by atoms with van der Waals surface area (Å²) < 4.78 is 16.1. The Morgan fingerprint density at radius 2 is 1.78 bits per heavy atom. The first-order valence-electron chi connectivity index (χ1n) is 9.91. The van der Waals surface area contributed by atoms with Crippen molar-refractivity contribution < 1.29 is 23.5 Å². The van der Waals surface area contributed by atoms with Crippen LogP contribution in [0.1, 0.15) is 22.6 Å². The molecule has 8 nitrogen and oxygen atoms in total. The van der Waals surface area contributed by atoms with Crippen molar-refractivity contribution in [3.63, 3.8) is 0 Å². The molecule has 0 spiro atoms. The Kier molecular flexibility index (Phi) is 7.28. The Morgan fingerprint density at radius 1 is 0.969 bits per heavy atom. The third kappa shape index (κ3) is 5.75. The summed E-state index contributed by atoms with van der Waals surface area (Å²) in [6.07, 6.45) is 1.54. The maximum absolute atomic E-state index is 12.1. The smallest absolute Gasteiger partial charge is 0.313 e. The molecule has 0 saturated carbocycles. The largest absolute Gasteiger partial charge is 0.497 e. The fourth-order valence-electron chi connectivity index (χ4n) is 2.84. The fraction of sp³-hybridized carbons (Fsp3) is 0.208. The molecule has 0 aliphatic rings. The lowest BCUT2D eigenvalue weighted by Gasteiger charge is -2.07. The van der Waals surface area contributed by atoms with Crippen molar-refractivity contribution in [2.24, 2.45) is 4.99 Å². The van der Waals surface area contributed by atoms with E-state index in [1.54, 1.807) is 56.8 Å². The molecule has 0 unspecified atom stereocenters. The van der Waals surface area contributed by atoms with E-state index in [4.69, 9.17) is 13.9 Å². The lowest BCUT2D eigenvalue weighted by atomic mass is 10.1. The van der Waals surface area contributed by atoms with Crippen LogP contribution in [0.5, 0.6) is 11.5 Å². The molecule has 2 amide bonds. The quantitative estimate of drug-likeness (QED) is 0.433. The number of ether oxygens (including phenoxy) is 2. The van der Waals surface area contributed by atoms with Gasteiger partial charge in [0, 0.05) is 11.8 Å². The summed E-state index contributed by atoms with van der Waals surface area (Å²) >= 11 is 0. The second-order valence-corrected chi connectivity index (χ2v) is 7.04. The minimum absolute atomic E-state index is 0.0683. The van der Waals surface area contributed by atoms with Crippen LogP contribution in [0.4, 0.5) is 11.4 Å². The van der Waals surface area contributed by atoms with E-state index < -0.39 is 11.8 Å². The van der Waals surface area contributed by atoms with E-state index in [9.17, 15) is 9.59 Å². The molecule has 0 aliphatic carbocycles. The van der Waals surface area contributed by atoms with Crippen LogP contribution in [0, 0.1) is 13.8 Å². The third-order valence-electron chi connectivity index (χ3n) is 4.79. The first-order chi connectivity index (χ1) is 15.4. The Hall–Kier alpha value is -4.07. The molecule has 0 radical (unpaired) electrons. The molecule has 0 fully saturated rings. The summed E-state index contributed by atoms with van der Waals surface area (Å²) in [5, 5.41) is 5.12. The van der Waals surface area contributed by atoms with E-state index in [1.165, 1.54) is 0 Å². The number of rotatable bonds is 7. The maximum Gasteiger partial charge on any atom is 0.313 e. The number of nitrogens with zero attached hydrogens (tertiary/aromatic N) is 1. The fourth-order valence-corrected chi connectivity index (χ4v) is 2.84. The van der Waals surface area contributed by atoms with E-state index in [-0.39, 0.29) is 6.54 Å². The molecule has 3 aromatic rings. The van der Waals surface area contributed by atoms with Gasteiger partial charge in [-0.2, -0.15) is 0 Å². The highest BCUT2D eigenvalue weighted by atomic mass is 16.5. The summed E-state index contributed by atoms with van der Waals surface area (Å²) in [6.45, 7) is 3.98. The van der Waals surface area contributed by atoms with Gasteiger partial charge in [-0.05, 0) is 61.4 Å². The van der Waals surface area contributed by atoms with Crippen molar-refractivity contribution in [2.45, 2.75) is 20.4 Å². The molecule has 8 heteroatoms. The number of furan rings is 1. The number of amides is 2. The molecule has 166 valence electrons. The molecule has 0 saturated heterocycles. The lowest BCUT2D eigenvalue weighted by Crippen LogP contribution is -2.34. The molecule has 2 aromatic carbocycles. The standard InChI is InChI=1S/C24H25N3O5/c1-15-5-6-17(11-16(15)2)27-24(29)23(28)26-14-20-8-7-19(32-20)13-25-21-10-9-18(30-3)12-22(21)31-4/h5-13H,14H2,1-4H3,(H,26,28)(H,27,29). The molecule has 2 N–H and O–H groups in total. The Bertz CT molecular complexity index is 1150. The summed E-state index contributed by atoms with van der Waals surface area (Å²) in [7, 11) is 3.13. The zero-order valence-corrected chi connectivity index (χ0v) is 18.4. The molecular weight excluding hydrogens is 410 g/mol.